The molecule has 1 amide bonds. The van der Waals surface area contributed by atoms with Crippen LogP contribution in [0.15, 0.2) is 53.4 Å². The molecule has 2 heterocycles. The first-order valence-corrected chi connectivity index (χ1v) is 11.6. The maximum Gasteiger partial charge on any atom is 0.276 e. The zero-order valence-corrected chi connectivity index (χ0v) is 18.8. The third-order valence-electron chi connectivity index (χ3n) is 5.53. The highest BCUT2D eigenvalue weighted by molar-refractivity contribution is 7.89. The van der Waals surface area contributed by atoms with Crippen LogP contribution < -0.4 is 0 Å². The van der Waals surface area contributed by atoms with E-state index in [-0.39, 0.29) is 48.0 Å². The summed E-state index contributed by atoms with van der Waals surface area (Å²) in [4.78, 5) is 25.0. The van der Waals surface area contributed by atoms with Crippen LogP contribution >= 0.6 is 0 Å². The number of hydrogen-bond donors (Lipinski definition) is 0. The van der Waals surface area contributed by atoms with Gasteiger partial charge in [-0.2, -0.15) is 9.57 Å². The van der Waals surface area contributed by atoms with E-state index in [0.717, 1.165) is 0 Å². The highest BCUT2D eigenvalue weighted by Gasteiger charge is 2.33. The Bertz CT molecular complexity index is 1420. The van der Waals surface area contributed by atoms with E-state index in [1.165, 1.54) is 44.2 Å². The second kappa shape index (κ2) is 9.00. The molecule has 1 fully saturated rings. The van der Waals surface area contributed by atoms with Gasteiger partial charge in [-0.25, -0.2) is 13.1 Å². The SMILES string of the molecule is Cc1c(C(=O)N2CCN(S(=O)(=O)c3ccccc3C#N)CC2)nnn1-c1cccc([N+](=O)[O-])c1. The summed E-state index contributed by atoms with van der Waals surface area (Å²) in [5.74, 6) is -0.413. The average Bonchev–Trinajstić information content (AvgIpc) is 3.24. The van der Waals surface area contributed by atoms with Crippen LogP contribution in [-0.4, -0.2) is 69.6 Å². The Balaban J connectivity index is 1.50. The number of sulfonamides is 1. The summed E-state index contributed by atoms with van der Waals surface area (Å²) in [6.07, 6.45) is 0. The number of nitro benzene ring substituents is 1. The summed E-state index contributed by atoms with van der Waals surface area (Å²) >= 11 is 0. The first-order chi connectivity index (χ1) is 16.2. The summed E-state index contributed by atoms with van der Waals surface area (Å²) in [5, 5.41) is 28.2. The Kier molecular flexibility index (Phi) is 6.10. The lowest BCUT2D eigenvalue weighted by Gasteiger charge is -2.33. The van der Waals surface area contributed by atoms with Crippen LogP contribution in [0.4, 0.5) is 5.69 Å². The number of carbonyl (C=O) groups excluding carboxylic acids is 1. The van der Waals surface area contributed by atoms with Gasteiger partial charge in [0.25, 0.3) is 11.6 Å². The van der Waals surface area contributed by atoms with Crippen LogP contribution in [0.25, 0.3) is 5.69 Å². The largest absolute Gasteiger partial charge is 0.335 e. The molecule has 0 N–H and O–H groups in total. The molecule has 1 saturated heterocycles. The molecule has 13 heteroatoms. The molecule has 1 aliphatic heterocycles. The van der Waals surface area contributed by atoms with E-state index >= 15 is 0 Å². The van der Waals surface area contributed by atoms with Gasteiger partial charge in [-0.05, 0) is 25.1 Å². The quantitative estimate of drug-likeness (QED) is 0.392. The van der Waals surface area contributed by atoms with E-state index in [2.05, 4.69) is 10.3 Å². The lowest BCUT2D eigenvalue weighted by Crippen LogP contribution is -2.50. The molecule has 4 rings (SSSR count). The molecule has 1 aliphatic rings. The molecule has 0 atom stereocenters. The highest BCUT2D eigenvalue weighted by Crippen LogP contribution is 2.23. The Morgan fingerprint density at radius 2 is 1.82 bits per heavy atom. The predicted octanol–water partition coefficient (Wildman–Crippen LogP) is 1.50. The number of non-ortho nitro benzene ring substituents is 1. The first kappa shape index (κ1) is 23.0. The molecular weight excluding hydrogens is 462 g/mol. The van der Waals surface area contributed by atoms with E-state index in [4.69, 9.17) is 0 Å². The summed E-state index contributed by atoms with van der Waals surface area (Å²) < 4.78 is 28.6. The van der Waals surface area contributed by atoms with Gasteiger partial charge in [0.2, 0.25) is 10.0 Å². The smallest absolute Gasteiger partial charge is 0.276 e. The molecule has 12 nitrogen and oxygen atoms in total. The van der Waals surface area contributed by atoms with Crippen LogP contribution in [0.1, 0.15) is 21.7 Å². The number of piperazine rings is 1. The summed E-state index contributed by atoms with van der Waals surface area (Å²) in [6, 6.07) is 13.7. The molecule has 0 bridgehead atoms. The van der Waals surface area contributed by atoms with Crippen LogP contribution in [0.2, 0.25) is 0 Å². The predicted molar refractivity (Wildman–Crippen MR) is 119 cm³/mol. The van der Waals surface area contributed by atoms with E-state index in [1.54, 1.807) is 25.1 Å². The fraction of sp³-hybridized carbons (Fsp3) is 0.238. The van der Waals surface area contributed by atoms with Gasteiger partial charge in [0.05, 0.1) is 26.8 Å². The van der Waals surface area contributed by atoms with Crippen LogP contribution in [0, 0.1) is 28.4 Å². The van der Waals surface area contributed by atoms with Crippen LogP contribution in [-0.2, 0) is 10.0 Å². The van der Waals surface area contributed by atoms with Crippen molar-refractivity contribution in [2.45, 2.75) is 11.8 Å². The number of nitro groups is 1. The van der Waals surface area contributed by atoms with Gasteiger partial charge in [0, 0.05) is 38.3 Å². The molecule has 0 unspecified atom stereocenters. The van der Waals surface area contributed by atoms with E-state index in [1.807, 2.05) is 6.07 Å². The minimum atomic E-state index is -3.88. The summed E-state index contributed by atoms with van der Waals surface area (Å²) in [7, 11) is -3.88. The maximum atomic E-state index is 13.1. The second-order valence-electron chi connectivity index (χ2n) is 7.52. The van der Waals surface area contributed by atoms with Gasteiger partial charge < -0.3 is 4.90 Å². The number of amides is 1. The molecule has 34 heavy (non-hydrogen) atoms. The number of carbonyl (C=O) groups is 1. The molecule has 0 spiro atoms. The van der Waals surface area contributed by atoms with Crippen molar-refractivity contribution in [1.82, 2.24) is 24.2 Å². The van der Waals surface area contributed by atoms with E-state index in [9.17, 15) is 28.6 Å². The number of nitriles is 1. The number of aromatic nitrogens is 3. The van der Waals surface area contributed by atoms with Crippen LogP contribution in [0.3, 0.4) is 0 Å². The van der Waals surface area contributed by atoms with E-state index in [0.29, 0.717) is 11.4 Å². The molecule has 1 aromatic heterocycles. The molecule has 3 aromatic rings. The molecule has 0 aliphatic carbocycles. The minimum absolute atomic E-state index is 0.0614. The molecule has 174 valence electrons. The van der Waals surface area contributed by atoms with Gasteiger partial charge in [-0.3, -0.25) is 14.9 Å². The number of benzene rings is 2. The van der Waals surface area contributed by atoms with E-state index < -0.39 is 20.9 Å². The van der Waals surface area contributed by atoms with Gasteiger partial charge in [0.15, 0.2) is 5.69 Å². The average molecular weight is 481 g/mol. The zero-order valence-electron chi connectivity index (χ0n) is 18.0. The minimum Gasteiger partial charge on any atom is -0.335 e. The Morgan fingerprint density at radius 3 is 2.50 bits per heavy atom. The fourth-order valence-corrected chi connectivity index (χ4v) is 5.28. The Hall–Kier alpha value is -4.15. The van der Waals surface area contributed by atoms with Gasteiger partial charge in [-0.1, -0.05) is 23.4 Å². The standard InChI is InChI=1S/C21H19N7O5S/c1-15-20(23-24-27(15)17-6-4-7-18(13-17)28(30)31)21(29)25-9-11-26(12-10-25)34(32,33)19-8-3-2-5-16(19)14-22/h2-8,13H,9-12H2,1H3. The lowest BCUT2D eigenvalue weighted by molar-refractivity contribution is -0.384. The number of nitrogens with zero attached hydrogens (tertiary/aromatic N) is 7. The van der Waals surface area contributed by atoms with Crippen molar-refractivity contribution in [3.63, 3.8) is 0 Å². The first-order valence-electron chi connectivity index (χ1n) is 10.2. The third kappa shape index (κ3) is 4.12. The van der Waals surface area contributed by atoms with Gasteiger partial charge in [0.1, 0.15) is 6.07 Å². The van der Waals surface area contributed by atoms with Crippen molar-refractivity contribution in [2.75, 3.05) is 26.2 Å². The Labute approximate surface area is 194 Å². The van der Waals surface area contributed by atoms with Crippen molar-refractivity contribution in [1.29, 1.82) is 5.26 Å². The lowest BCUT2D eigenvalue weighted by atomic mass is 10.2. The van der Waals surface area contributed by atoms with Gasteiger partial charge in [-0.15, -0.1) is 5.10 Å². The zero-order chi connectivity index (χ0) is 24.5. The van der Waals surface area contributed by atoms with Crippen LogP contribution in [0.5, 0.6) is 0 Å². The highest BCUT2D eigenvalue weighted by atomic mass is 32.2. The van der Waals surface area contributed by atoms with Crippen molar-refractivity contribution >= 4 is 21.6 Å². The molecule has 2 aromatic carbocycles. The summed E-state index contributed by atoms with van der Waals surface area (Å²) in [6.45, 7) is 2.02. The van der Waals surface area contributed by atoms with Crippen molar-refractivity contribution < 1.29 is 18.1 Å². The molecule has 0 saturated carbocycles. The van der Waals surface area contributed by atoms with Gasteiger partial charge >= 0.3 is 0 Å². The summed E-state index contributed by atoms with van der Waals surface area (Å²) in [5.41, 5.74) is 0.830. The Morgan fingerprint density at radius 1 is 1.12 bits per heavy atom. The number of rotatable bonds is 5. The van der Waals surface area contributed by atoms with Crippen molar-refractivity contribution in [3.8, 4) is 11.8 Å². The van der Waals surface area contributed by atoms with Crippen molar-refractivity contribution in [3.05, 3.63) is 75.6 Å². The number of hydrogen-bond acceptors (Lipinski definition) is 8. The molecule has 0 radical (unpaired) electrons. The monoisotopic (exact) mass is 481 g/mol. The van der Waals surface area contributed by atoms with Crippen molar-refractivity contribution in [2.24, 2.45) is 0 Å². The third-order valence-corrected chi connectivity index (χ3v) is 7.49. The maximum absolute atomic E-state index is 13.1. The topological polar surface area (TPSA) is 155 Å². The fourth-order valence-electron chi connectivity index (χ4n) is 3.71. The second-order valence-corrected chi connectivity index (χ2v) is 9.42. The molecular formula is C21H19N7O5S. The normalized spacial score (nSPS) is 14.5.